The van der Waals surface area contributed by atoms with Crippen molar-refractivity contribution in [3.63, 3.8) is 0 Å². The summed E-state index contributed by atoms with van der Waals surface area (Å²) in [5.74, 6) is -2.44. The number of ketones is 1. The highest BCUT2D eigenvalue weighted by molar-refractivity contribution is 5.99. The molecule has 0 saturated heterocycles. The first kappa shape index (κ1) is 19.8. The molecule has 7 heteroatoms. The molecule has 2 aromatic carbocycles. The second-order valence-corrected chi connectivity index (χ2v) is 5.88. The van der Waals surface area contributed by atoms with Gasteiger partial charge in [-0.3, -0.25) is 14.4 Å². The molecule has 0 heterocycles. The largest absolute Gasteiger partial charge is 0.481 e. The van der Waals surface area contributed by atoms with Crippen LogP contribution in [0.2, 0.25) is 0 Å². The van der Waals surface area contributed by atoms with E-state index in [0.29, 0.717) is 11.3 Å². The monoisotopic (exact) mass is 369 g/mol. The van der Waals surface area contributed by atoms with E-state index >= 15 is 0 Å². The summed E-state index contributed by atoms with van der Waals surface area (Å²) in [6, 6.07) is 12.9. The van der Waals surface area contributed by atoms with Crippen LogP contribution in [0.1, 0.15) is 39.1 Å². The third-order valence-electron chi connectivity index (χ3n) is 3.68. The topological polar surface area (TPSA) is 110 Å². The summed E-state index contributed by atoms with van der Waals surface area (Å²) in [6.45, 7) is 1.54. The van der Waals surface area contributed by atoms with Gasteiger partial charge < -0.3 is 15.2 Å². The number of carbonyl (C=O) groups excluding carboxylic acids is 3. The van der Waals surface area contributed by atoms with Crippen molar-refractivity contribution in [1.82, 2.24) is 0 Å². The van der Waals surface area contributed by atoms with Crippen molar-refractivity contribution < 1.29 is 29.0 Å². The predicted octanol–water partition coefficient (Wildman–Crippen LogP) is 2.84. The Balaban J connectivity index is 1.86. The number of carboxylic acid groups (broad SMARTS) is 1. The maximum atomic E-state index is 12.0. The number of carbonyl (C=O) groups is 4. The van der Waals surface area contributed by atoms with Gasteiger partial charge in [0.1, 0.15) is 0 Å². The minimum Gasteiger partial charge on any atom is -0.481 e. The average Bonchev–Trinajstić information content (AvgIpc) is 2.65. The SMILES string of the molecule is Cc1ccc(C(=O)COC(=O)c2ccc(NC(=O)CCC(=O)O)cc2)cc1. The van der Waals surface area contributed by atoms with E-state index in [2.05, 4.69) is 5.32 Å². The Hall–Kier alpha value is -3.48. The fourth-order valence-electron chi connectivity index (χ4n) is 2.17. The molecule has 2 aromatic rings. The zero-order valence-electron chi connectivity index (χ0n) is 14.7. The lowest BCUT2D eigenvalue weighted by molar-refractivity contribution is -0.138. The highest BCUT2D eigenvalue weighted by Gasteiger charge is 2.12. The first-order valence-corrected chi connectivity index (χ1v) is 8.24. The van der Waals surface area contributed by atoms with Gasteiger partial charge in [0.25, 0.3) is 0 Å². The number of aliphatic carboxylic acids is 1. The molecule has 2 rings (SSSR count). The Morgan fingerprint density at radius 1 is 0.889 bits per heavy atom. The Kier molecular flexibility index (Phi) is 6.82. The van der Waals surface area contributed by atoms with Crippen LogP contribution in [0.4, 0.5) is 5.69 Å². The van der Waals surface area contributed by atoms with Gasteiger partial charge in [-0.25, -0.2) is 4.79 Å². The van der Waals surface area contributed by atoms with E-state index in [4.69, 9.17) is 9.84 Å². The van der Waals surface area contributed by atoms with E-state index in [1.807, 2.05) is 6.92 Å². The van der Waals surface area contributed by atoms with Crippen molar-refractivity contribution in [2.45, 2.75) is 19.8 Å². The van der Waals surface area contributed by atoms with Crippen LogP contribution >= 0.6 is 0 Å². The number of carboxylic acids is 1. The maximum absolute atomic E-state index is 12.0. The van der Waals surface area contributed by atoms with Gasteiger partial charge in [-0.2, -0.15) is 0 Å². The minimum atomic E-state index is -1.05. The molecule has 140 valence electrons. The van der Waals surface area contributed by atoms with E-state index in [0.717, 1.165) is 5.56 Å². The van der Waals surface area contributed by atoms with Crippen LogP contribution in [-0.4, -0.2) is 35.3 Å². The number of nitrogens with one attached hydrogen (secondary N) is 1. The Bertz CT molecular complexity index is 840. The summed E-state index contributed by atoms with van der Waals surface area (Å²) in [4.78, 5) is 46.0. The third-order valence-corrected chi connectivity index (χ3v) is 3.68. The quantitative estimate of drug-likeness (QED) is 0.547. The normalized spacial score (nSPS) is 10.1. The Labute approximate surface area is 156 Å². The number of aryl methyl sites for hydroxylation is 1. The molecular formula is C20H19NO6. The van der Waals surface area contributed by atoms with E-state index in [-0.39, 0.29) is 30.8 Å². The van der Waals surface area contributed by atoms with Crippen LogP contribution in [0.15, 0.2) is 48.5 Å². The van der Waals surface area contributed by atoms with Gasteiger partial charge >= 0.3 is 11.9 Å². The third kappa shape index (κ3) is 6.39. The van der Waals surface area contributed by atoms with Gasteiger partial charge in [-0.15, -0.1) is 0 Å². The molecule has 0 bridgehead atoms. The Morgan fingerprint density at radius 2 is 1.48 bits per heavy atom. The van der Waals surface area contributed by atoms with Gasteiger partial charge in [-0.05, 0) is 31.2 Å². The second-order valence-electron chi connectivity index (χ2n) is 5.88. The van der Waals surface area contributed by atoms with E-state index in [1.54, 1.807) is 24.3 Å². The number of Topliss-reactive ketones (excluding diaryl/α,β-unsaturated/α-hetero) is 1. The lowest BCUT2D eigenvalue weighted by Gasteiger charge is -2.07. The number of hydrogen-bond acceptors (Lipinski definition) is 5. The molecule has 0 aliphatic rings. The zero-order chi connectivity index (χ0) is 19.8. The first-order valence-electron chi connectivity index (χ1n) is 8.24. The number of benzene rings is 2. The molecule has 0 unspecified atom stereocenters. The molecule has 0 fully saturated rings. The number of ether oxygens (including phenoxy) is 1. The molecule has 0 radical (unpaired) electrons. The first-order chi connectivity index (χ1) is 12.8. The summed E-state index contributed by atoms with van der Waals surface area (Å²) >= 11 is 0. The van der Waals surface area contributed by atoms with Crippen LogP contribution in [0.25, 0.3) is 0 Å². The molecule has 7 nitrogen and oxygen atoms in total. The zero-order valence-corrected chi connectivity index (χ0v) is 14.7. The maximum Gasteiger partial charge on any atom is 0.338 e. The smallest absolute Gasteiger partial charge is 0.338 e. The van der Waals surface area contributed by atoms with Gasteiger partial charge in [-0.1, -0.05) is 29.8 Å². The summed E-state index contributed by atoms with van der Waals surface area (Å²) in [6.07, 6.45) is -0.397. The molecule has 0 atom stereocenters. The number of hydrogen-bond donors (Lipinski definition) is 2. The standard InChI is InChI=1S/C20H19NO6/c1-13-2-4-14(5-3-13)17(22)12-27-20(26)15-6-8-16(9-7-15)21-18(23)10-11-19(24)25/h2-9H,10-12H2,1H3,(H,21,23)(H,24,25). The molecule has 0 aliphatic carbocycles. The summed E-state index contributed by atoms with van der Waals surface area (Å²) < 4.78 is 5.02. The highest BCUT2D eigenvalue weighted by atomic mass is 16.5. The van der Waals surface area contributed by atoms with Crippen LogP contribution in [0, 0.1) is 6.92 Å². The summed E-state index contributed by atoms with van der Waals surface area (Å²) in [7, 11) is 0. The lowest BCUT2D eigenvalue weighted by Crippen LogP contribution is -2.15. The van der Waals surface area contributed by atoms with Gasteiger partial charge in [0.15, 0.2) is 12.4 Å². The van der Waals surface area contributed by atoms with E-state index in [1.165, 1.54) is 24.3 Å². The van der Waals surface area contributed by atoms with Gasteiger partial charge in [0.05, 0.1) is 12.0 Å². The molecule has 1 amide bonds. The van der Waals surface area contributed by atoms with Gasteiger partial charge in [0.2, 0.25) is 5.91 Å². The number of rotatable bonds is 8. The number of anilines is 1. The summed E-state index contributed by atoms with van der Waals surface area (Å²) in [5.41, 5.74) is 2.15. The van der Waals surface area contributed by atoms with Gasteiger partial charge in [0, 0.05) is 17.7 Å². The van der Waals surface area contributed by atoms with E-state index in [9.17, 15) is 19.2 Å². The van der Waals surface area contributed by atoms with E-state index < -0.39 is 17.8 Å². The van der Waals surface area contributed by atoms with Crippen LogP contribution in [0.3, 0.4) is 0 Å². The molecule has 0 saturated carbocycles. The fraction of sp³-hybridized carbons (Fsp3) is 0.200. The average molecular weight is 369 g/mol. The van der Waals surface area contributed by atoms with Crippen LogP contribution in [0.5, 0.6) is 0 Å². The molecular weight excluding hydrogens is 350 g/mol. The predicted molar refractivity (Wildman–Crippen MR) is 97.7 cm³/mol. The molecule has 0 spiro atoms. The molecule has 0 aromatic heterocycles. The molecule has 0 aliphatic heterocycles. The van der Waals surface area contributed by atoms with Crippen molar-refractivity contribution in [2.24, 2.45) is 0 Å². The van der Waals surface area contributed by atoms with Crippen molar-refractivity contribution >= 4 is 29.3 Å². The fourth-order valence-corrected chi connectivity index (χ4v) is 2.17. The Morgan fingerprint density at radius 3 is 2.07 bits per heavy atom. The number of esters is 1. The van der Waals surface area contributed by atoms with Crippen molar-refractivity contribution in [2.75, 3.05) is 11.9 Å². The minimum absolute atomic E-state index is 0.139. The van der Waals surface area contributed by atoms with Crippen molar-refractivity contribution in [1.29, 1.82) is 0 Å². The number of amides is 1. The van der Waals surface area contributed by atoms with Crippen LogP contribution < -0.4 is 5.32 Å². The molecule has 27 heavy (non-hydrogen) atoms. The lowest BCUT2D eigenvalue weighted by atomic mass is 10.1. The van der Waals surface area contributed by atoms with Crippen molar-refractivity contribution in [3.8, 4) is 0 Å². The molecule has 2 N–H and O–H groups in total. The van der Waals surface area contributed by atoms with Crippen LogP contribution in [-0.2, 0) is 14.3 Å². The van der Waals surface area contributed by atoms with Crippen molar-refractivity contribution in [3.05, 3.63) is 65.2 Å². The second kappa shape index (κ2) is 9.28. The summed E-state index contributed by atoms with van der Waals surface area (Å²) in [5, 5.41) is 11.1. The highest BCUT2D eigenvalue weighted by Crippen LogP contribution is 2.12.